The number of carbonyl (C=O) groups is 1. The van der Waals surface area contributed by atoms with E-state index in [9.17, 15) is 13.6 Å². The molecule has 2 nitrogen and oxygen atoms in total. The Hall–Kier alpha value is -1.10. The standard InChI is InChI=1S/C13H15F2NOS/c1-9(17)16-5-4-13(18-7-6-16)11-8-10(14)2-3-12(11)15/h2-3,8,13H,4-7H2,1H3. The largest absolute Gasteiger partial charge is 0.342 e. The summed E-state index contributed by atoms with van der Waals surface area (Å²) in [5.74, 6) is 0.000949. The van der Waals surface area contributed by atoms with Gasteiger partial charge in [-0.05, 0) is 24.6 Å². The number of hydrogen-bond donors (Lipinski definition) is 0. The van der Waals surface area contributed by atoms with Crippen molar-refractivity contribution in [1.29, 1.82) is 0 Å². The lowest BCUT2D eigenvalue weighted by Gasteiger charge is -2.18. The highest BCUT2D eigenvalue weighted by molar-refractivity contribution is 7.99. The summed E-state index contributed by atoms with van der Waals surface area (Å²) in [5, 5.41) is -0.0787. The van der Waals surface area contributed by atoms with E-state index in [0.29, 0.717) is 25.1 Å². The predicted octanol–water partition coefficient (Wildman–Crippen LogP) is 2.99. The van der Waals surface area contributed by atoms with Crippen LogP contribution in [0.3, 0.4) is 0 Å². The lowest BCUT2D eigenvalue weighted by atomic mass is 10.1. The van der Waals surface area contributed by atoms with Gasteiger partial charge in [0.15, 0.2) is 0 Å². The summed E-state index contributed by atoms with van der Waals surface area (Å²) in [4.78, 5) is 13.1. The first kappa shape index (κ1) is 13.3. The summed E-state index contributed by atoms with van der Waals surface area (Å²) in [6, 6.07) is 3.55. The second-order valence-electron chi connectivity index (χ2n) is 4.32. The zero-order valence-corrected chi connectivity index (χ0v) is 11.0. The van der Waals surface area contributed by atoms with Crippen LogP contribution in [-0.2, 0) is 4.79 Å². The molecule has 1 aromatic carbocycles. The summed E-state index contributed by atoms with van der Waals surface area (Å²) in [5.41, 5.74) is 0.408. The van der Waals surface area contributed by atoms with Gasteiger partial charge in [0, 0.05) is 36.6 Å². The molecule has 1 atom stereocenters. The molecule has 1 amide bonds. The van der Waals surface area contributed by atoms with Crippen LogP contribution in [0.1, 0.15) is 24.2 Å². The van der Waals surface area contributed by atoms with Crippen LogP contribution < -0.4 is 0 Å². The molecular weight excluding hydrogens is 256 g/mol. The molecule has 98 valence electrons. The Morgan fingerprint density at radius 3 is 2.89 bits per heavy atom. The molecule has 1 heterocycles. The van der Waals surface area contributed by atoms with Crippen molar-refractivity contribution >= 4 is 17.7 Å². The van der Waals surface area contributed by atoms with Crippen LogP contribution in [0.2, 0.25) is 0 Å². The van der Waals surface area contributed by atoms with Crippen LogP contribution in [0.4, 0.5) is 8.78 Å². The van der Waals surface area contributed by atoms with Gasteiger partial charge < -0.3 is 4.90 Å². The zero-order valence-electron chi connectivity index (χ0n) is 10.2. The fourth-order valence-corrected chi connectivity index (χ4v) is 3.34. The molecule has 1 saturated heterocycles. The molecule has 0 bridgehead atoms. The molecule has 0 N–H and O–H groups in total. The molecule has 0 aromatic heterocycles. The van der Waals surface area contributed by atoms with Crippen LogP contribution in [-0.4, -0.2) is 29.6 Å². The van der Waals surface area contributed by atoms with Gasteiger partial charge in [-0.1, -0.05) is 0 Å². The minimum absolute atomic E-state index is 0.0379. The third kappa shape index (κ3) is 3.02. The van der Waals surface area contributed by atoms with Crippen molar-refractivity contribution in [3.05, 3.63) is 35.4 Å². The molecule has 1 unspecified atom stereocenters. The van der Waals surface area contributed by atoms with E-state index in [-0.39, 0.29) is 17.0 Å². The van der Waals surface area contributed by atoms with E-state index in [1.54, 1.807) is 16.7 Å². The fraction of sp³-hybridized carbons (Fsp3) is 0.462. The molecule has 0 saturated carbocycles. The summed E-state index contributed by atoms with van der Waals surface area (Å²) in [6.45, 7) is 2.81. The van der Waals surface area contributed by atoms with Gasteiger partial charge in [-0.25, -0.2) is 8.78 Å². The molecule has 5 heteroatoms. The minimum Gasteiger partial charge on any atom is -0.342 e. The van der Waals surface area contributed by atoms with Crippen LogP contribution in [0.25, 0.3) is 0 Å². The predicted molar refractivity (Wildman–Crippen MR) is 68.4 cm³/mol. The van der Waals surface area contributed by atoms with Crippen molar-refractivity contribution in [2.24, 2.45) is 0 Å². The molecule has 18 heavy (non-hydrogen) atoms. The van der Waals surface area contributed by atoms with Gasteiger partial charge in [0.2, 0.25) is 5.91 Å². The van der Waals surface area contributed by atoms with Crippen LogP contribution >= 0.6 is 11.8 Å². The Labute approximate surface area is 109 Å². The molecular formula is C13H15F2NOS. The van der Waals surface area contributed by atoms with Gasteiger partial charge in [0.1, 0.15) is 11.6 Å². The van der Waals surface area contributed by atoms with Crippen molar-refractivity contribution in [3.63, 3.8) is 0 Å². The number of halogens is 2. The number of nitrogens with zero attached hydrogens (tertiary/aromatic N) is 1. The van der Waals surface area contributed by atoms with Crippen molar-refractivity contribution in [2.75, 3.05) is 18.8 Å². The number of thioether (sulfide) groups is 1. The molecule has 0 aliphatic carbocycles. The van der Waals surface area contributed by atoms with E-state index in [1.165, 1.54) is 19.1 Å². The Morgan fingerprint density at radius 1 is 1.39 bits per heavy atom. The maximum Gasteiger partial charge on any atom is 0.219 e. The highest BCUT2D eigenvalue weighted by atomic mass is 32.2. The van der Waals surface area contributed by atoms with Crippen LogP contribution in [0.5, 0.6) is 0 Å². The average molecular weight is 271 g/mol. The molecule has 1 aliphatic rings. The lowest BCUT2D eigenvalue weighted by Crippen LogP contribution is -2.30. The first-order valence-corrected chi connectivity index (χ1v) is 6.95. The van der Waals surface area contributed by atoms with Crippen LogP contribution in [0, 0.1) is 11.6 Å². The van der Waals surface area contributed by atoms with E-state index in [2.05, 4.69) is 0 Å². The van der Waals surface area contributed by atoms with Crippen molar-refractivity contribution in [2.45, 2.75) is 18.6 Å². The average Bonchev–Trinajstić information content (AvgIpc) is 2.58. The lowest BCUT2D eigenvalue weighted by molar-refractivity contribution is -0.128. The van der Waals surface area contributed by atoms with E-state index < -0.39 is 5.82 Å². The first-order chi connectivity index (χ1) is 8.58. The summed E-state index contributed by atoms with van der Waals surface area (Å²) >= 11 is 1.58. The Morgan fingerprint density at radius 2 is 2.17 bits per heavy atom. The van der Waals surface area contributed by atoms with Gasteiger partial charge in [0.05, 0.1) is 0 Å². The maximum atomic E-state index is 13.7. The van der Waals surface area contributed by atoms with Gasteiger partial charge in [0.25, 0.3) is 0 Å². The molecule has 1 fully saturated rings. The maximum absolute atomic E-state index is 13.7. The molecule has 0 radical (unpaired) electrons. The number of hydrogen-bond acceptors (Lipinski definition) is 2. The Bertz CT molecular complexity index is 453. The molecule has 0 spiro atoms. The second kappa shape index (κ2) is 5.69. The van der Waals surface area contributed by atoms with Crippen molar-refractivity contribution in [1.82, 2.24) is 4.90 Å². The van der Waals surface area contributed by atoms with E-state index in [4.69, 9.17) is 0 Å². The number of amides is 1. The molecule has 1 aliphatic heterocycles. The monoisotopic (exact) mass is 271 g/mol. The topological polar surface area (TPSA) is 20.3 Å². The zero-order chi connectivity index (χ0) is 13.1. The minimum atomic E-state index is -0.417. The highest BCUT2D eigenvalue weighted by Gasteiger charge is 2.22. The summed E-state index contributed by atoms with van der Waals surface area (Å²) < 4.78 is 26.9. The SMILES string of the molecule is CC(=O)N1CCSC(c2cc(F)ccc2F)CC1. The molecule has 1 aromatic rings. The normalized spacial score (nSPS) is 20.6. The van der Waals surface area contributed by atoms with Crippen molar-refractivity contribution < 1.29 is 13.6 Å². The van der Waals surface area contributed by atoms with Crippen LogP contribution in [0.15, 0.2) is 18.2 Å². The number of rotatable bonds is 1. The number of carbonyl (C=O) groups excluding carboxylic acids is 1. The molecule has 2 rings (SSSR count). The second-order valence-corrected chi connectivity index (χ2v) is 5.63. The highest BCUT2D eigenvalue weighted by Crippen LogP contribution is 2.35. The fourth-order valence-electron chi connectivity index (χ4n) is 2.09. The smallest absolute Gasteiger partial charge is 0.219 e. The van der Waals surface area contributed by atoms with Crippen molar-refractivity contribution in [3.8, 4) is 0 Å². The quantitative estimate of drug-likeness (QED) is 0.782. The van der Waals surface area contributed by atoms with Gasteiger partial charge in [-0.15, -0.1) is 0 Å². The van der Waals surface area contributed by atoms with E-state index in [0.717, 1.165) is 11.8 Å². The third-order valence-corrected chi connectivity index (χ3v) is 4.40. The third-order valence-electron chi connectivity index (χ3n) is 3.09. The Kier molecular flexibility index (Phi) is 4.22. The van der Waals surface area contributed by atoms with E-state index in [1.807, 2.05) is 0 Å². The number of benzene rings is 1. The van der Waals surface area contributed by atoms with Gasteiger partial charge in [-0.2, -0.15) is 11.8 Å². The van der Waals surface area contributed by atoms with Gasteiger partial charge >= 0.3 is 0 Å². The van der Waals surface area contributed by atoms with Gasteiger partial charge in [-0.3, -0.25) is 4.79 Å². The van der Waals surface area contributed by atoms with E-state index >= 15 is 0 Å². The first-order valence-electron chi connectivity index (χ1n) is 5.90. The summed E-state index contributed by atoms with van der Waals surface area (Å²) in [7, 11) is 0. The Balaban J connectivity index is 2.14. The summed E-state index contributed by atoms with van der Waals surface area (Å²) in [6.07, 6.45) is 0.657.